The summed E-state index contributed by atoms with van der Waals surface area (Å²) in [6.45, 7) is 4.91. The smallest absolute Gasteiger partial charge is 0.130 e. The topological polar surface area (TPSA) is 68.4 Å². The first-order valence-corrected chi connectivity index (χ1v) is 12.6. The molecule has 0 aliphatic carbocycles. The highest BCUT2D eigenvalue weighted by Crippen LogP contribution is 2.36. The van der Waals surface area contributed by atoms with Gasteiger partial charge >= 0.3 is 0 Å². The summed E-state index contributed by atoms with van der Waals surface area (Å²) in [6, 6.07) is 18.4. The first-order valence-electron chi connectivity index (χ1n) is 11.7. The number of benzene rings is 2. The average molecular weight is 495 g/mol. The van der Waals surface area contributed by atoms with Crippen LogP contribution < -0.4 is 9.47 Å². The second kappa shape index (κ2) is 10.7. The van der Waals surface area contributed by atoms with Gasteiger partial charge < -0.3 is 9.47 Å². The van der Waals surface area contributed by atoms with Crippen molar-refractivity contribution in [2.75, 3.05) is 13.7 Å². The van der Waals surface area contributed by atoms with Crippen LogP contribution >= 0.6 is 11.3 Å². The van der Waals surface area contributed by atoms with Gasteiger partial charge in [0.25, 0.3) is 0 Å². The van der Waals surface area contributed by atoms with Gasteiger partial charge in [0.05, 0.1) is 34.6 Å². The standard InChI is InChI=1S/C29H26N4O2S/c1-4-5-21(15-23-16-30-33-32-23)20-6-9-24(10-7-20)35-17-22-8-13-28-29(31-22)27(18-36-28)26-12-11-25(34-3)14-19(26)2/h6-14,18,21H,15-17H2,1-3H3/t21-/m0/s1. The maximum atomic E-state index is 6.08. The summed E-state index contributed by atoms with van der Waals surface area (Å²) in [5, 5.41) is 13.9. The summed E-state index contributed by atoms with van der Waals surface area (Å²) in [5.41, 5.74) is 7.44. The first-order chi connectivity index (χ1) is 17.6. The van der Waals surface area contributed by atoms with Crippen LogP contribution in [-0.2, 0) is 6.61 Å². The molecule has 2 aromatic heterocycles. The third kappa shape index (κ3) is 5.14. The Morgan fingerprint density at radius 3 is 2.58 bits per heavy atom. The van der Waals surface area contributed by atoms with Crippen LogP contribution in [0.2, 0.25) is 0 Å². The quantitative estimate of drug-likeness (QED) is 0.244. The zero-order valence-corrected chi connectivity index (χ0v) is 21.3. The van der Waals surface area contributed by atoms with Gasteiger partial charge in [-0.3, -0.25) is 0 Å². The summed E-state index contributed by atoms with van der Waals surface area (Å²) in [5.74, 6) is 8.02. The van der Waals surface area contributed by atoms with Gasteiger partial charge in [-0.1, -0.05) is 24.1 Å². The summed E-state index contributed by atoms with van der Waals surface area (Å²) in [4.78, 5) is 4.94. The lowest BCUT2D eigenvalue weighted by Crippen LogP contribution is -2.07. The second-order valence-electron chi connectivity index (χ2n) is 8.54. The molecule has 1 aliphatic rings. The third-order valence-electron chi connectivity index (χ3n) is 6.13. The van der Waals surface area contributed by atoms with Gasteiger partial charge in [-0.25, -0.2) is 4.98 Å². The van der Waals surface area contributed by atoms with Crippen molar-refractivity contribution in [2.45, 2.75) is 32.8 Å². The highest BCUT2D eigenvalue weighted by molar-refractivity contribution is 7.17. The lowest BCUT2D eigenvalue weighted by atomic mass is 9.94. The van der Waals surface area contributed by atoms with E-state index in [0.717, 1.165) is 56.2 Å². The lowest BCUT2D eigenvalue weighted by molar-refractivity contribution is 0.301. The molecule has 4 aromatic rings. The fourth-order valence-corrected chi connectivity index (χ4v) is 5.15. The minimum absolute atomic E-state index is 0.0637. The Labute approximate surface area is 214 Å². The molecule has 0 spiro atoms. The molecular weight excluding hydrogens is 468 g/mol. The SMILES string of the molecule is CC#C[C@@H](CC1=NN=NC1)c1ccc(OCc2ccc3scc(-c4ccc(OC)cc4C)c3n2)cc1. The van der Waals surface area contributed by atoms with Crippen molar-refractivity contribution < 1.29 is 9.47 Å². The predicted molar refractivity (Wildman–Crippen MR) is 145 cm³/mol. The second-order valence-corrected chi connectivity index (χ2v) is 9.45. The van der Waals surface area contributed by atoms with Crippen molar-refractivity contribution in [1.82, 2.24) is 4.98 Å². The Balaban J connectivity index is 1.30. The van der Waals surface area contributed by atoms with Crippen molar-refractivity contribution in [3.05, 3.63) is 76.8 Å². The largest absolute Gasteiger partial charge is 0.497 e. The molecule has 180 valence electrons. The van der Waals surface area contributed by atoms with Crippen LogP contribution in [0.5, 0.6) is 11.5 Å². The van der Waals surface area contributed by atoms with Crippen molar-refractivity contribution in [3.8, 4) is 34.5 Å². The molecule has 0 saturated carbocycles. The molecule has 36 heavy (non-hydrogen) atoms. The zero-order chi connectivity index (χ0) is 24.9. The maximum absolute atomic E-state index is 6.08. The minimum atomic E-state index is 0.0637. The van der Waals surface area contributed by atoms with Gasteiger partial charge in [-0.05, 0) is 72.2 Å². The molecular formula is C29H26N4O2S. The van der Waals surface area contributed by atoms with Gasteiger partial charge in [0.15, 0.2) is 0 Å². The molecule has 0 bridgehead atoms. The number of methoxy groups -OCH3 is 1. The number of ether oxygens (including phenoxy) is 2. The van der Waals surface area contributed by atoms with Gasteiger partial charge in [0, 0.05) is 17.4 Å². The fraction of sp³-hybridized carbons (Fsp3) is 0.241. The van der Waals surface area contributed by atoms with E-state index in [1.807, 2.05) is 31.2 Å². The van der Waals surface area contributed by atoms with Crippen LogP contribution in [0.25, 0.3) is 21.3 Å². The van der Waals surface area contributed by atoms with E-state index in [1.54, 1.807) is 18.4 Å². The maximum Gasteiger partial charge on any atom is 0.130 e. The Kier molecular flexibility index (Phi) is 7.06. The number of hydrogen-bond acceptors (Lipinski definition) is 7. The zero-order valence-electron chi connectivity index (χ0n) is 20.5. The molecule has 0 N–H and O–H groups in total. The summed E-state index contributed by atoms with van der Waals surface area (Å²) in [7, 11) is 1.69. The third-order valence-corrected chi connectivity index (χ3v) is 7.07. The van der Waals surface area contributed by atoms with Crippen LogP contribution in [0.3, 0.4) is 0 Å². The Bertz CT molecular complexity index is 1510. The number of rotatable bonds is 8. The molecule has 3 heterocycles. The van der Waals surface area contributed by atoms with Crippen LogP contribution in [-0.4, -0.2) is 24.4 Å². The molecule has 2 aromatic carbocycles. The summed E-state index contributed by atoms with van der Waals surface area (Å²) < 4.78 is 12.6. The first kappa shape index (κ1) is 23.7. The van der Waals surface area contributed by atoms with Crippen LogP contribution in [0.1, 0.15) is 36.1 Å². The molecule has 1 atom stereocenters. The molecule has 7 heteroatoms. The molecule has 5 rings (SSSR count). The van der Waals surface area contributed by atoms with Crippen molar-refractivity contribution in [2.24, 2.45) is 15.4 Å². The monoisotopic (exact) mass is 494 g/mol. The lowest BCUT2D eigenvalue weighted by Gasteiger charge is -2.12. The molecule has 0 amide bonds. The van der Waals surface area contributed by atoms with E-state index in [2.05, 4.69) is 69.9 Å². The van der Waals surface area contributed by atoms with Crippen LogP contribution in [0.15, 0.2) is 75.4 Å². The molecule has 6 nitrogen and oxygen atoms in total. The Hall–Kier alpha value is -4.02. The Morgan fingerprint density at radius 2 is 1.86 bits per heavy atom. The van der Waals surface area contributed by atoms with Crippen LogP contribution in [0.4, 0.5) is 0 Å². The average Bonchev–Trinajstić information content (AvgIpc) is 3.57. The van der Waals surface area contributed by atoms with Gasteiger partial charge in [-0.15, -0.1) is 22.4 Å². The molecule has 1 aliphatic heterocycles. The van der Waals surface area contributed by atoms with Crippen molar-refractivity contribution in [1.29, 1.82) is 0 Å². The molecule has 0 fully saturated rings. The number of aryl methyl sites for hydroxylation is 1. The molecule has 0 radical (unpaired) electrons. The fourth-order valence-electron chi connectivity index (χ4n) is 4.25. The van der Waals surface area contributed by atoms with E-state index in [4.69, 9.17) is 14.5 Å². The Morgan fingerprint density at radius 1 is 1.03 bits per heavy atom. The van der Waals surface area contributed by atoms with E-state index in [1.165, 1.54) is 5.56 Å². The number of fused-ring (bicyclic) bond motifs is 1. The van der Waals surface area contributed by atoms with Crippen molar-refractivity contribution in [3.63, 3.8) is 0 Å². The highest BCUT2D eigenvalue weighted by Gasteiger charge is 2.15. The minimum Gasteiger partial charge on any atom is -0.497 e. The summed E-state index contributed by atoms with van der Waals surface area (Å²) in [6.07, 6.45) is 0.731. The normalized spacial score (nSPS) is 13.2. The van der Waals surface area contributed by atoms with Crippen molar-refractivity contribution >= 4 is 27.3 Å². The molecule has 0 saturated heterocycles. The number of nitrogens with zero attached hydrogens (tertiary/aromatic N) is 4. The summed E-state index contributed by atoms with van der Waals surface area (Å²) >= 11 is 1.70. The van der Waals surface area contributed by atoms with E-state index in [0.29, 0.717) is 13.2 Å². The van der Waals surface area contributed by atoms with Gasteiger partial charge in [0.1, 0.15) is 24.7 Å². The number of hydrogen-bond donors (Lipinski definition) is 0. The predicted octanol–water partition coefficient (Wildman–Crippen LogP) is 7.18. The number of pyridine rings is 1. The van der Waals surface area contributed by atoms with E-state index in [9.17, 15) is 0 Å². The molecule has 0 unspecified atom stereocenters. The van der Waals surface area contributed by atoms with E-state index in [-0.39, 0.29) is 5.92 Å². The van der Waals surface area contributed by atoms with Gasteiger partial charge in [0.2, 0.25) is 0 Å². The van der Waals surface area contributed by atoms with Gasteiger partial charge in [-0.2, -0.15) is 5.11 Å². The van der Waals surface area contributed by atoms with Crippen LogP contribution in [0, 0.1) is 18.8 Å². The van der Waals surface area contributed by atoms with E-state index >= 15 is 0 Å². The number of aromatic nitrogens is 1. The van der Waals surface area contributed by atoms with E-state index < -0.39 is 0 Å². The number of thiophene rings is 1. The highest BCUT2D eigenvalue weighted by atomic mass is 32.1.